The topological polar surface area (TPSA) is 71.1 Å². The predicted molar refractivity (Wildman–Crippen MR) is 86.4 cm³/mol. The van der Waals surface area contributed by atoms with Crippen molar-refractivity contribution in [2.45, 2.75) is 26.1 Å². The van der Waals surface area contributed by atoms with Gasteiger partial charge >= 0.3 is 5.97 Å². The molecule has 1 heterocycles. The summed E-state index contributed by atoms with van der Waals surface area (Å²) in [6.07, 6.45) is 0.273. The van der Waals surface area contributed by atoms with E-state index in [1.807, 2.05) is 0 Å². The average molecular weight is 387 g/mol. The maximum atomic E-state index is 12.1. The Kier molecular flexibility index (Phi) is 6.41. The lowest BCUT2D eigenvalue weighted by Crippen LogP contribution is -2.27. The number of rotatable bonds is 7. The second-order valence-electron chi connectivity index (χ2n) is 5.03. The number of alkyl halides is 1. The third-order valence-electron chi connectivity index (χ3n) is 3.40. The molecule has 1 aromatic carbocycles. The summed E-state index contributed by atoms with van der Waals surface area (Å²) in [7, 11) is 1.48. The van der Waals surface area contributed by atoms with Crippen molar-refractivity contribution >= 4 is 27.7 Å². The van der Waals surface area contributed by atoms with E-state index in [4.69, 9.17) is 18.9 Å². The lowest BCUT2D eigenvalue weighted by molar-refractivity contribution is -0.146. The van der Waals surface area contributed by atoms with Crippen molar-refractivity contribution in [2.75, 3.05) is 25.7 Å². The van der Waals surface area contributed by atoms with Crippen LogP contribution in [0.1, 0.15) is 29.3 Å². The van der Waals surface area contributed by atoms with Crippen LogP contribution in [0.4, 0.5) is 0 Å². The molecule has 6 nitrogen and oxygen atoms in total. The molecule has 0 radical (unpaired) electrons. The smallest absolute Gasteiger partial charge is 0.344 e. The molecule has 0 spiro atoms. The van der Waals surface area contributed by atoms with Crippen LogP contribution in [-0.4, -0.2) is 43.5 Å². The molecule has 1 atom stereocenters. The first-order chi connectivity index (χ1) is 11.1. The lowest BCUT2D eigenvalue weighted by Gasteiger charge is -2.22. The van der Waals surface area contributed by atoms with E-state index >= 15 is 0 Å². The average Bonchev–Trinajstić information content (AvgIpc) is 2.56. The fourth-order valence-electron chi connectivity index (χ4n) is 2.15. The number of ketones is 1. The standard InChI is InChI=1S/C16H19BrO6/c1-10-16(19)12-7-13(20-2)14(6-11(12)8-22-10)23-9-15(18)21-5-3-4-17/h6-7,10H,3-5,8-9H2,1-2H3. The van der Waals surface area contributed by atoms with Gasteiger partial charge in [0.25, 0.3) is 0 Å². The summed E-state index contributed by atoms with van der Waals surface area (Å²) in [5.41, 5.74) is 1.28. The number of carbonyl (C=O) groups is 2. The van der Waals surface area contributed by atoms with Crippen LogP contribution in [0.2, 0.25) is 0 Å². The maximum Gasteiger partial charge on any atom is 0.344 e. The minimum atomic E-state index is -0.469. The lowest BCUT2D eigenvalue weighted by atomic mass is 9.97. The van der Waals surface area contributed by atoms with Crippen LogP contribution in [0.25, 0.3) is 0 Å². The third-order valence-corrected chi connectivity index (χ3v) is 3.96. The fraction of sp³-hybridized carbons (Fsp3) is 0.500. The SMILES string of the molecule is COc1cc2c(cc1OCC(=O)OCCCBr)COC(C)C2=O. The number of fused-ring (bicyclic) bond motifs is 1. The van der Waals surface area contributed by atoms with E-state index in [-0.39, 0.29) is 12.4 Å². The predicted octanol–water partition coefficient (Wildman–Crippen LogP) is 2.50. The number of esters is 1. The van der Waals surface area contributed by atoms with Crippen LogP contribution in [0.15, 0.2) is 12.1 Å². The molecule has 1 unspecified atom stereocenters. The molecule has 0 amide bonds. The second-order valence-corrected chi connectivity index (χ2v) is 5.82. The number of hydrogen-bond acceptors (Lipinski definition) is 6. The van der Waals surface area contributed by atoms with Gasteiger partial charge in [-0.2, -0.15) is 0 Å². The zero-order valence-corrected chi connectivity index (χ0v) is 14.7. The molecule has 0 bridgehead atoms. The number of halogens is 1. The number of ether oxygens (including phenoxy) is 4. The molecule has 23 heavy (non-hydrogen) atoms. The van der Waals surface area contributed by atoms with Gasteiger partial charge in [0.1, 0.15) is 6.10 Å². The second kappa shape index (κ2) is 8.31. The fourth-order valence-corrected chi connectivity index (χ4v) is 2.38. The summed E-state index contributed by atoms with van der Waals surface area (Å²) in [5, 5.41) is 0.770. The highest BCUT2D eigenvalue weighted by Gasteiger charge is 2.27. The number of benzene rings is 1. The Hall–Kier alpha value is -1.60. The third kappa shape index (κ3) is 4.45. The van der Waals surface area contributed by atoms with E-state index in [1.165, 1.54) is 7.11 Å². The van der Waals surface area contributed by atoms with Crippen LogP contribution in [0, 0.1) is 0 Å². The van der Waals surface area contributed by atoms with Crippen LogP contribution in [-0.2, 0) is 20.9 Å². The van der Waals surface area contributed by atoms with Gasteiger partial charge in [-0.15, -0.1) is 0 Å². The molecule has 2 rings (SSSR count). The molecular formula is C16H19BrO6. The molecule has 1 aliphatic rings. The summed E-state index contributed by atoms with van der Waals surface area (Å²) >= 11 is 3.26. The van der Waals surface area contributed by atoms with Crippen molar-refractivity contribution in [1.29, 1.82) is 0 Å². The molecule has 0 aromatic heterocycles. The van der Waals surface area contributed by atoms with Gasteiger partial charge in [0.05, 0.1) is 20.3 Å². The number of carbonyl (C=O) groups excluding carboxylic acids is 2. The highest BCUT2D eigenvalue weighted by Crippen LogP contribution is 2.34. The summed E-state index contributed by atoms with van der Waals surface area (Å²) in [4.78, 5) is 23.7. The molecule has 1 aromatic rings. The molecule has 7 heteroatoms. The minimum Gasteiger partial charge on any atom is -0.493 e. The van der Waals surface area contributed by atoms with Gasteiger partial charge in [-0.25, -0.2) is 4.79 Å². The zero-order valence-electron chi connectivity index (χ0n) is 13.1. The molecule has 126 valence electrons. The number of methoxy groups -OCH3 is 1. The van der Waals surface area contributed by atoms with Crippen molar-refractivity contribution < 1.29 is 28.5 Å². The Morgan fingerprint density at radius 3 is 2.87 bits per heavy atom. The number of hydrogen-bond donors (Lipinski definition) is 0. The van der Waals surface area contributed by atoms with Gasteiger partial charge in [0, 0.05) is 10.9 Å². The summed E-state index contributed by atoms with van der Waals surface area (Å²) in [6, 6.07) is 3.30. The normalized spacial score (nSPS) is 16.7. The largest absolute Gasteiger partial charge is 0.493 e. The van der Waals surface area contributed by atoms with Crippen molar-refractivity contribution in [2.24, 2.45) is 0 Å². The van der Waals surface area contributed by atoms with Gasteiger partial charge in [0.2, 0.25) is 0 Å². The number of Topliss-reactive ketones (excluding diaryl/α,β-unsaturated/α-hetero) is 1. The van der Waals surface area contributed by atoms with Crippen molar-refractivity contribution in [3.05, 3.63) is 23.3 Å². The first kappa shape index (κ1) is 17.7. The highest BCUT2D eigenvalue weighted by atomic mass is 79.9. The van der Waals surface area contributed by atoms with Gasteiger partial charge in [-0.1, -0.05) is 15.9 Å². The minimum absolute atomic E-state index is 0.0923. The van der Waals surface area contributed by atoms with Gasteiger partial charge in [0.15, 0.2) is 23.9 Å². The van der Waals surface area contributed by atoms with E-state index in [9.17, 15) is 9.59 Å². The van der Waals surface area contributed by atoms with Gasteiger partial charge in [-0.3, -0.25) is 4.79 Å². The Bertz CT molecular complexity index is 586. The molecule has 0 saturated carbocycles. The summed E-state index contributed by atoms with van der Waals surface area (Å²) < 4.78 is 21.1. The van der Waals surface area contributed by atoms with Crippen molar-refractivity contribution in [1.82, 2.24) is 0 Å². The Balaban J connectivity index is 2.07. The van der Waals surface area contributed by atoms with Crippen molar-refractivity contribution in [3.8, 4) is 11.5 Å². The Morgan fingerprint density at radius 1 is 1.39 bits per heavy atom. The molecular weight excluding hydrogens is 368 g/mol. The first-order valence-electron chi connectivity index (χ1n) is 7.28. The molecule has 0 aliphatic carbocycles. The summed E-state index contributed by atoms with van der Waals surface area (Å²) in [5.74, 6) is 0.242. The molecule has 0 N–H and O–H groups in total. The Labute approximate surface area is 143 Å². The zero-order chi connectivity index (χ0) is 16.8. The van der Waals surface area contributed by atoms with E-state index in [0.29, 0.717) is 30.3 Å². The monoisotopic (exact) mass is 386 g/mol. The quantitative estimate of drug-likeness (QED) is 0.407. The Morgan fingerprint density at radius 2 is 2.17 bits per heavy atom. The van der Waals surface area contributed by atoms with E-state index in [2.05, 4.69) is 15.9 Å². The van der Waals surface area contributed by atoms with E-state index in [0.717, 1.165) is 17.3 Å². The van der Waals surface area contributed by atoms with Crippen LogP contribution < -0.4 is 9.47 Å². The highest BCUT2D eigenvalue weighted by molar-refractivity contribution is 9.09. The molecule has 1 aliphatic heterocycles. The maximum absolute atomic E-state index is 12.1. The van der Waals surface area contributed by atoms with Gasteiger partial charge < -0.3 is 18.9 Å². The van der Waals surface area contributed by atoms with Crippen LogP contribution in [0.3, 0.4) is 0 Å². The van der Waals surface area contributed by atoms with E-state index < -0.39 is 12.1 Å². The molecule has 0 saturated heterocycles. The summed E-state index contributed by atoms with van der Waals surface area (Å²) in [6.45, 7) is 2.15. The van der Waals surface area contributed by atoms with Crippen LogP contribution in [0.5, 0.6) is 11.5 Å². The van der Waals surface area contributed by atoms with Gasteiger partial charge in [-0.05, 0) is 31.0 Å². The molecule has 0 fully saturated rings. The van der Waals surface area contributed by atoms with Crippen LogP contribution >= 0.6 is 15.9 Å². The first-order valence-corrected chi connectivity index (χ1v) is 8.40. The van der Waals surface area contributed by atoms with Crippen molar-refractivity contribution in [3.63, 3.8) is 0 Å². The van der Waals surface area contributed by atoms with E-state index in [1.54, 1.807) is 19.1 Å².